The highest BCUT2D eigenvalue weighted by Gasteiger charge is 2.19. The van der Waals surface area contributed by atoms with E-state index >= 15 is 0 Å². The first-order valence-electron chi connectivity index (χ1n) is 5.13. The van der Waals surface area contributed by atoms with Gasteiger partial charge in [-0.2, -0.15) is 4.98 Å². The molecule has 0 unspecified atom stereocenters. The minimum atomic E-state index is -1.13. The molecule has 2 N–H and O–H groups in total. The third kappa shape index (κ3) is 1.88. The lowest BCUT2D eigenvalue weighted by molar-refractivity contribution is 0.0690. The number of hydrogen-bond donors (Lipinski definition) is 2. The van der Waals surface area contributed by atoms with E-state index in [4.69, 9.17) is 5.11 Å². The Morgan fingerprint density at radius 3 is 2.62 bits per heavy atom. The average molecular weight is 223 g/mol. The molecule has 1 aromatic heterocycles. The molecule has 16 heavy (non-hydrogen) atoms. The van der Waals surface area contributed by atoms with E-state index in [0.717, 1.165) is 25.9 Å². The predicted octanol–water partition coefficient (Wildman–Crippen LogP) is 0.212. The summed E-state index contributed by atoms with van der Waals surface area (Å²) in [6.07, 6.45) is 2.22. The molecular weight excluding hydrogens is 210 g/mol. The number of aromatic carboxylic acids is 1. The zero-order valence-corrected chi connectivity index (χ0v) is 8.97. The molecule has 7 nitrogen and oxygen atoms in total. The van der Waals surface area contributed by atoms with Crippen LogP contribution in [0, 0.1) is 0 Å². The maximum absolute atomic E-state index is 10.8. The van der Waals surface area contributed by atoms with Crippen molar-refractivity contribution in [2.45, 2.75) is 12.8 Å². The van der Waals surface area contributed by atoms with E-state index in [1.54, 1.807) is 7.05 Å². The van der Waals surface area contributed by atoms with Crippen LogP contribution in [0.4, 0.5) is 11.8 Å². The van der Waals surface area contributed by atoms with Crippen LogP contribution < -0.4 is 10.2 Å². The molecule has 0 bridgehead atoms. The van der Waals surface area contributed by atoms with Gasteiger partial charge in [-0.05, 0) is 12.8 Å². The van der Waals surface area contributed by atoms with Gasteiger partial charge in [-0.25, -0.2) is 4.79 Å². The van der Waals surface area contributed by atoms with Crippen LogP contribution in [0.5, 0.6) is 0 Å². The van der Waals surface area contributed by atoms with Crippen molar-refractivity contribution in [2.24, 2.45) is 0 Å². The molecule has 7 heteroatoms. The van der Waals surface area contributed by atoms with Gasteiger partial charge in [0, 0.05) is 20.1 Å². The molecule has 0 spiro atoms. The second kappa shape index (κ2) is 4.30. The van der Waals surface area contributed by atoms with Crippen LogP contribution in [-0.4, -0.2) is 46.4 Å². The summed E-state index contributed by atoms with van der Waals surface area (Å²) in [5.74, 6) is -0.381. The first-order chi connectivity index (χ1) is 7.72. The number of nitrogens with zero attached hydrogens (tertiary/aromatic N) is 4. The van der Waals surface area contributed by atoms with E-state index in [1.807, 2.05) is 4.90 Å². The summed E-state index contributed by atoms with van der Waals surface area (Å²) in [5.41, 5.74) is -0.148. The van der Waals surface area contributed by atoms with Crippen molar-refractivity contribution in [3.05, 3.63) is 5.69 Å². The number of nitrogens with one attached hydrogen (secondary N) is 1. The number of hydrogen-bond acceptors (Lipinski definition) is 6. The summed E-state index contributed by atoms with van der Waals surface area (Å²) in [6, 6.07) is 0. The molecule has 0 radical (unpaired) electrons. The molecule has 0 aromatic carbocycles. The Morgan fingerprint density at radius 1 is 1.38 bits per heavy atom. The first kappa shape index (κ1) is 10.6. The highest BCUT2D eigenvalue weighted by atomic mass is 16.4. The van der Waals surface area contributed by atoms with Crippen LogP contribution in [0.15, 0.2) is 0 Å². The maximum Gasteiger partial charge on any atom is 0.360 e. The number of carbonyl (C=O) groups is 1. The lowest BCUT2D eigenvalue weighted by Crippen LogP contribution is -2.22. The molecule has 1 saturated heterocycles. The predicted molar refractivity (Wildman–Crippen MR) is 57.8 cm³/mol. The molecule has 1 aliphatic rings. The Hall–Kier alpha value is -1.92. The topological polar surface area (TPSA) is 91.2 Å². The first-order valence-corrected chi connectivity index (χ1v) is 5.13. The summed E-state index contributed by atoms with van der Waals surface area (Å²) in [7, 11) is 1.62. The minimum absolute atomic E-state index is 0.148. The fraction of sp³-hybridized carbons (Fsp3) is 0.556. The maximum atomic E-state index is 10.8. The average Bonchev–Trinajstić information content (AvgIpc) is 2.81. The standard InChI is InChI=1S/C9H13N5O2/c1-10-7-6(8(15)16)12-13-9(11-7)14-4-2-3-5-14/h2-5H2,1H3,(H,15,16)(H,10,11,13). The summed E-state index contributed by atoms with van der Waals surface area (Å²) >= 11 is 0. The lowest BCUT2D eigenvalue weighted by atomic mass is 10.4. The summed E-state index contributed by atoms with van der Waals surface area (Å²) in [4.78, 5) is 17.0. The van der Waals surface area contributed by atoms with Gasteiger partial charge in [-0.3, -0.25) is 0 Å². The number of carboxylic acids is 1. The van der Waals surface area contributed by atoms with Crippen LogP contribution in [-0.2, 0) is 0 Å². The number of anilines is 2. The van der Waals surface area contributed by atoms with Crippen molar-refractivity contribution in [1.29, 1.82) is 0 Å². The smallest absolute Gasteiger partial charge is 0.360 e. The van der Waals surface area contributed by atoms with E-state index in [2.05, 4.69) is 20.5 Å². The second-order valence-corrected chi connectivity index (χ2v) is 3.56. The van der Waals surface area contributed by atoms with Gasteiger partial charge in [-0.1, -0.05) is 0 Å². The van der Waals surface area contributed by atoms with Crippen molar-refractivity contribution < 1.29 is 9.90 Å². The lowest BCUT2D eigenvalue weighted by Gasteiger charge is -2.15. The van der Waals surface area contributed by atoms with E-state index < -0.39 is 5.97 Å². The Kier molecular flexibility index (Phi) is 2.84. The van der Waals surface area contributed by atoms with Gasteiger partial charge in [0.25, 0.3) is 0 Å². The number of aromatic nitrogens is 3. The molecule has 1 aromatic rings. The third-order valence-corrected chi connectivity index (χ3v) is 2.50. The monoisotopic (exact) mass is 223 g/mol. The normalized spacial score (nSPS) is 15.2. The SMILES string of the molecule is CNc1nc(N2CCCC2)nnc1C(=O)O. The molecule has 0 atom stereocenters. The van der Waals surface area contributed by atoms with Crippen LogP contribution in [0.1, 0.15) is 23.3 Å². The van der Waals surface area contributed by atoms with E-state index in [9.17, 15) is 4.79 Å². The number of rotatable bonds is 3. The molecule has 0 amide bonds. The van der Waals surface area contributed by atoms with Crippen molar-refractivity contribution in [2.75, 3.05) is 30.4 Å². The van der Waals surface area contributed by atoms with Gasteiger partial charge in [0.1, 0.15) is 0 Å². The van der Waals surface area contributed by atoms with Gasteiger partial charge in [0.2, 0.25) is 11.6 Å². The summed E-state index contributed by atoms with van der Waals surface area (Å²) in [5, 5.41) is 19.1. The molecule has 86 valence electrons. The van der Waals surface area contributed by atoms with Gasteiger partial charge < -0.3 is 15.3 Å². The quantitative estimate of drug-likeness (QED) is 0.756. The molecule has 0 saturated carbocycles. The van der Waals surface area contributed by atoms with Gasteiger partial charge in [0.05, 0.1) is 0 Å². The fourth-order valence-corrected chi connectivity index (χ4v) is 1.69. The third-order valence-electron chi connectivity index (χ3n) is 2.50. The van der Waals surface area contributed by atoms with Crippen LogP contribution >= 0.6 is 0 Å². The highest BCUT2D eigenvalue weighted by molar-refractivity contribution is 5.90. The van der Waals surface area contributed by atoms with Gasteiger partial charge >= 0.3 is 5.97 Å². The Morgan fingerprint density at radius 2 is 2.06 bits per heavy atom. The van der Waals surface area contributed by atoms with Crippen LogP contribution in [0.2, 0.25) is 0 Å². The van der Waals surface area contributed by atoms with Gasteiger partial charge in [-0.15, -0.1) is 10.2 Å². The van der Waals surface area contributed by atoms with Gasteiger partial charge in [0.15, 0.2) is 5.82 Å². The molecule has 2 heterocycles. The second-order valence-electron chi connectivity index (χ2n) is 3.56. The van der Waals surface area contributed by atoms with E-state index in [0.29, 0.717) is 5.95 Å². The zero-order chi connectivity index (χ0) is 11.5. The Bertz CT molecular complexity index is 403. The molecule has 2 rings (SSSR count). The molecular formula is C9H13N5O2. The Labute approximate surface area is 92.5 Å². The zero-order valence-electron chi connectivity index (χ0n) is 8.97. The van der Waals surface area contributed by atoms with E-state index in [1.165, 1.54) is 0 Å². The minimum Gasteiger partial charge on any atom is -0.476 e. The van der Waals surface area contributed by atoms with Crippen molar-refractivity contribution in [3.63, 3.8) is 0 Å². The largest absolute Gasteiger partial charge is 0.476 e. The molecule has 0 aliphatic carbocycles. The van der Waals surface area contributed by atoms with Crippen LogP contribution in [0.3, 0.4) is 0 Å². The van der Waals surface area contributed by atoms with Crippen molar-refractivity contribution in [1.82, 2.24) is 15.2 Å². The van der Waals surface area contributed by atoms with E-state index in [-0.39, 0.29) is 11.5 Å². The summed E-state index contributed by atoms with van der Waals surface area (Å²) < 4.78 is 0. The van der Waals surface area contributed by atoms with Crippen LogP contribution in [0.25, 0.3) is 0 Å². The van der Waals surface area contributed by atoms with Crippen molar-refractivity contribution in [3.8, 4) is 0 Å². The number of carboxylic acid groups (broad SMARTS) is 1. The van der Waals surface area contributed by atoms with Crippen molar-refractivity contribution >= 4 is 17.7 Å². The molecule has 1 aliphatic heterocycles. The molecule has 1 fully saturated rings. The highest BCUT2D eigenvalue weighted by Crippen LogP contribution is 2.17. The Balaban J connectivity index is 2.32. The summed E-state index contributed by atoms with van der Waals surface area (Å²) in [6.45, 7) is 1.80. The fourth-order valence-electron chi connectivity index (χ4n) is 1.69.